The summed E-state index contributed by atoms with van der Waals surface area (Å²) in [6.45, 7) is 0.359. The van der Waals surface area contributed by atoms with Gasteiger partial charge in [-0.3, -0.25) is 0 Å². The van der Waals surface area contributed by atoms with Crippen LogP contribution in [0, 0.1) is 0 Å². The average Bonchev–Trinajstić information content (AvgIpc) is 3.75. The summed E-state index contributed by atoms with van der Waals surface area (Å²) in [4.78, 5) is 0. The Morgan fingerprint density at radius 2 is 0.671 bits per heavy atom. The fourth-order valence-corrected chi connectivity index (χ4v) is 11.7. The topological polar surface area (TPSA) is 58.9 Å². The Hall–Kier alpha value is -8.80. The molecule has 12 aromatic carbocycles. The summed E-state index contributed by atoms with van der Waals surface area (Å²) in [7, 11) is 0. The molecule has 1 aliphatic carbocycles. The second-order valence-electron chi connectivity index (χ2n) is 19.0. The molecule has 0 spiro atoms. The second-order valence-corrected chi connectivity index (χ2v) is 19.0. The SMILES string of the molecule is OCCOc1ccc2cc(C3(c4ccc5cc(OCCO)ccc5c4)c4cc(-c5ccccc5-c5cccc6ccccc56)ccc4-c4ccc(-c5ccccc5-c5cccc6ccccc56)cc43)ccc2c1. The van der Waals surface area contributed by atoms with E-state index in [1.54, 1.807) is 0 Å². The van der Waals surface area contributed by atoms with Gasteiger partial charge in [-0.1, -0.05) is 194 Å². The normalized spacial score (nSPS) is 12.6. The molecule has 0 heterocycles. The van der Waals surface area contributed by atoms with Crippen LogP contribution in [0.1, 0.15) is 22.3 Å². The molecule has 73 heavy (non-hydrogen) atoms. The maximum Gasteiger partial charge on any atom is 0.120 e. The quantitative estimate of drug-likeness (QED) is 0.128. The Kier molecular flexibility index (Phi) is 11.1. The lowest BCUT2D eigenvalue weighted by molar-refractivity contribution is 0.201. The van der Waals surface area contributed by atoms with Gasteiger partial charge in [0, 0.05) is 0 Å². The summed E-state index contributed by atoms with van der Waals surface area (Å²) in [5, 5.41) is 28.3. The monoisotopic (exact) mass is 942 g/mol. The Morgan fingerprint density at radius 3 is 1.14 bits per heavy atom. The van der Waals surface area contributed by atoms with Crippen LogP contribution in [0.5, 0.6) is 11.5 Å². The number of rotatable bonds is 12. The van der Waals surface area contributed by atoms with Gasteiger partial charge in [0.1, 0.15) is 24.7 Å². The van der Waals surface area contributed by atoms with Crippen molar-refractivity contribution in [3.8, 4) is 67.1 Å². The van der Waals surface area contributed by atoms with Gasteiger partial charge in [0.05, 0.1) is 18.6 Å². The molecule has 2 N–H and O–H groups in total. The molecule has 0 saturated heterocycles. The van der Waals surface area contributed by atoms with Gasteiger partial charge in [-0.25, -0.2) is 0 Å². The average molecular weight is 943 g/mol. The highest BCUT2D eigenvalue weighted by Crippen LogP contribution is 2.59. The highest BCUT2D eigenvalue weighted by molar-refractivity contribution is 6.03. The van der Waals surface area contributed by atoms with Gasteiger partial charge in [0.15, 0.2) is 0 Å². The summed E-state index contributed by atoms with van der Waals surface area (Å²) < 4.78 is 11.8. The summed E-state index contributed by atoms with van der Waals surface area (Å²) in [5.41, 5.74) is 15.6. The van der Waals surface area contributed by atoms with E-state index < -0.39 is 5.41 Å². The Balaban J connectivity index is 1.09. The van der Waals surface area contributed by atoms with Gasteiger partial charge < -0.3 is 19.7 Å². The molecule has 1 aliphatic rings. The van der Waals surface area contributed by atoms with Crippen molar-refractivity contribution in [1.82, 2.24) is 0 Å². The lowest BCUT2D eigenvalue weighted by atomic mass is 9.66. The minimum Gasteiger partial charge on any atom is -0.491 e. The Morgan fingerprint density at radius 1 is 0.288 bits per heavy atom. The first-order valence-electron chi connectivity index (χ1n) is 25.1. The highest BCUT2D eigenvalue weighted by Gasteiger charge is 2.47. The van der Waals surface area contributed by atoms with Crippen LogP contribution in [0.4, 0.5) is 0 Å². The summed E-state index contributed by atoms with van der Waals surface area (Å²) in [5.74, 6) is 1.45. The van der Waals surface area contributed by atoms with E-state index in [4.69, 9.17) is 9.47 Å². The summed E-state index contributed by atoms with van der Waals surface area (Å²) in [6.07, 6.45) is 0. The van der Waals surface area contributed by atoms with Gasteiger partial charge in [0.2, 0.25) is 0 Å². The van der Waals surface area contributed by atoms with Crippen LogP contribution in [0.3, 0.4) is 0 Å². The Labute approximate surface area is 424 Å². The molecule has 0 aliphatic heterocycles. The molecule has 0 fully saturated rings. The second kappa shape index (κ2) is 18.4. The standard InChI is InChI=1S/C69H50O4/c70-35-37-72-55-31-25-47-39-53(29-23-49(47)41-55)69(54-30-24-50-42-56(73-38-36-71)32-26-48(50)40-54)67-43-51(59-17-5-7-19-61(59)63-21-9-13-45-11-1-3-15-57(45)63)27-33-65(67)66-34-28-52(44-68(66)69)60-18-6-8-20-62(60)64-22-10-14-46-12-2-4-16-58(46)64/h1-34,39-44,70-71H,35-38H2. The largest absolute Gasteiger partial charge is 0.491 e. The first-order chi connectivity index (χ1) is 36.1. The van der Waals surface area contributed by atoms with Gasteiger partial charge in [-0.2, -0.15) is 0 Å². The predicted octanol–water partition coefficient (Wildman–Crippen LogP) is 16.1. The number of aliphatic hydroxyl groups is 2. The van der Waals surface area contributed by atoms with Crippen LogP contribution in [0.2, 0.25) is 0 Å². The van der Waals surface area contributed by atoms with E-state index in [0.717, 1.165) is 55.3 Å². The minimum absolute atomic E-state index is 0.0517. The summed E-state index contributed by atoms with van der Waals surface area (Å²) >= 11 is 0. The fraction of sp³-hybridized carbons (Fsp3) is 0.0725. The van der Waals surface area contributed by atoms with E-state index in [0.29, 0.717) is 0 Å². The molecule has 0 unspecified atom stereocenters. The van der Waals surface area contributed by atoms with Crippen LogP contribution >= 0.6 is 0 Å². The first kappa shape index (κ1) is 44.2. The molecule has 0 bridgehead atoms. The Bertz CT molecular complexity index is 3820. The zero-order valence-corrected chi connectivity index (χ0v) is 40.1. The van der Waals surface area contributed by atoms with Crippen molar-refractivity contribution in [2.45, 2.75) is 5.41 Å². The van der Waals surface area contributed by atoms with Crippen LogP contribution in [0.25, 0.3) is 98.7 Å². The lowest BCUT2D eigenvalue weighted by Gasteiger charge is -2.35. The third kappa shape index (κ3) is 7.54. The minimum atomic E-state index is -0.806. The number of benzene rings is 12. The van der Waals surface area contributed by atoms with E-state index in [-0.39, 0.29) is 26.4 Å². The fourth-order valence-electron chi connectivity index (χ4n) is 11.7. The maximum absolute atomic E-state index is 9.58. The van der Waals surface area contributed by atoms with E-state index in [2.05, 4.69) is 231 Å². The number of aliphatic hydroxyl groups excluding tert-OH is 2. The van der Waals surface area contributed by atoms with Crippen LogP contribution < -0.4 is 9.47 Å². The van der Waals surface area contributed by atoms with E-state index in [1.165, 1.54) is 77.2 Å². The maximum atomic E-state index is 9.58. The molecule has 0 radical (unpaired) electrons. The molecule has 0 saturated carbocycles. The van der Waals surface area contributed by atoms with Crippen LogP contribution in [-0.4, -0.2) is 36.6 Å². The number of fused-ring (bicyclic) bond motifs is 7. The van der Waals surface area contributed by atoms with Crippen molar-refractivity contribution < 1.29 is 19.7 Å². The molecule has 13 rings (SSSR count). The number of hydrogen-bond donors (Lipinski definition) is 2. The summed E-state index contributed by atoms with van der Waals surface area (Å²) in [6, 6.07) is 88.6. The van der Waals surface area contributed by atoms with Gasteiger partial charge in [-0.15, -0.1) is 0 Å². The number of ether oxygens (including phenoxy) is 2. The molecular formula is C69H50O4. The van der Waals surface area contributed by atoms with Crippen molar-refractivity contribution in [1.29, 1.82) is 0 Å². The zero-order valence-electron chi connectivity index (χ0n) is 40.1. The molecule has 0 amide bonds. The first-order valence-corrected chi connectivity index (χ1v) is 25.1. The van der Waals surface area contributed by atoms with E-state index >= 15 is 0 Å². The van der Waals surface area contributed by atoms with Crippen LogP contribution in [-0.2, 0) is 5.41 Å². The lowest BCUT2D eigenvalue weighted by Crippen LogP contribution is -2.28. The predicted molar refractivity (Wildman–Crippen MR) is 301 cm³/mol. The molecule has 0 atom stereocenters. The highest BCUT2D eigenvalue weighted by atomic mass is 16.5. The molecular weight excluding hydrogens is 893 g/mol. The molecule has 4 nitrogen and oxygen atoms in total. The third-order valence-corrected chi connectivity index (χ3v) is 15.0. The van der Waals surface area contributed by atoms with Crippen molar-refractivity contribution in [3.63, 3.8) is 0 Å². The zero-order chi connectivity index (χ0) is 48.9. The van der Waals surface area contributed by atoms with Crippen molar-refractivity contribution in [2.75, 3.05) is 26.4 Å². The van der Waals surface area contributed by atoms with Crippen molar-refractivity contribution in [2.24, 2.45) is 0 Å². The molecule has 0 aromatic heterocycles. The molecule has 350 valence electrons. The third-order valence-electron chi connectivity index (χ3n) is 15.0. The van der Waals surface area contributed by atoms with E-state index in [9.17, 15) is 10.2 Å². The van der Waals surface area contributed by atoms with Crippen LogP contribution in [0.15, 0.2) is 243 Å². The van der Waals surface area contributed by atoms with Gasteiger partial charge >= 0.3 is 0 Å². The van der Waals surface area contributed by atoms with Gasteiger partial charge in [-0.05, 0) is 170 Å². The van der Waals surface area contributed by atoms with Gasteiger partial charge in [0.25, 0.3) is 0 Å². The molecule has 12 aromatic rings. The smallest absolute Gasteiger partial charge is 0.120 e. The van der Waals surface area contributed by atoms with Crippen molar-refractivity contribution >= 4 is 43.1 Å². The number of hydrogen-bond acceptors (Lipinski definition) is 4. The molecule has 4 heteroatoms. The van der Waals surface area contributed by atoms with E-state index in [1.807, 2.05) is 12.1 Å². The van der Waals surface area contributed by atoms with Crippen molar-refractivity contribution in [3.05, 3.63) is 265 Å².